The van der Waals surface area contributed by atoms with Crippen molar-refractivity contribution in [1.29, 1.82) is 0 Å². The number of ether oxygens (including phenoxy) is 1. The van der Waals surface area contributed by atoms with Gasteiger partial charge in [-0.05, 0) is 12.8 Å². The second-order valence-corrected chi connectivity index (χ2v) is 4.87. The molecule has 15 heavy (non-hydrogen) atoms. The molecule has 0 spiro atoms. The van der Waals surface area contributed by atoms with Crippen LogP contribution in [0.4, 0.5) is 0 Å². The monoisotopic (exact) mass is 227 g/mol. The zero-order valence-electron chi connectivity index (χ0n) is 8.52. The summed E-state index contributed by atoms with van der Waals surface area (Å²) in [5, 5.41) is 11.9. The fourth-order valence-electron chi connectivity index (χ4n) is 1.58. The van der Waals surface area contributed by atoms with Gasteiger partial charge in [-0.15, -0.1) is 11.3 Å². The molecule has 1 aliphatic carbocycles. The highest BCUT2D eigenvalue weighted by molar-refractivity contribution is 7.09. The van der Waals surface area contributed by atoms with Gasteiger partial charge in [-0.3, -0.25) is 4.79 Å². The lowest BCUT2D eigenvalue weighted by Crippen LogP contribution is -2.17. The molecule has 0 unspecified atom stereocenters. The molecule has 1 aromatic heterocycles. The van der Waals surface area contributed by atoms with Gasteiger partial charge in [-0.25, -0.2) is 4.98 Å². The Kier molecular flexibility index (Phi) is 2.75. The van der Waals surface area contributed by atoms with Crippen molar-refractivity contribution in [2.24, 2.45) is 5.41 Å². The van der Waals surface area contributed by atoms with Gasteiger partial charge < -0.3 is 9.84 Å². The van der Waals surface area contributed by atoms with E-state index in [0.717, 1.165) is 23.5 Å². The fourth-order valence-corrected chi connectivity index (χ4v) is 2.35. The normalized spacial score (nSPS) is 17.7. The number of methoxy groups -OCH3 is 1. The maximum Gasteiger partial charge on any atom is 0.310 e. The molecule has 82 valence electrons. The van der Waals surface area contributed by atoms with Crippen LogP contribution in [0, 0.1) is 5.41 Å². The smallest absolute Gasteiger partial charge is 0.310 e. The largest absolute Gasteiger partial charge is 0.481 e. The number of rotatable bonds is 5. The summed E-state index contributed by atoms with van der Waals surface area (Å²) in [5.74, 6) is -0.691. The van der Waals surface area contributed by atoms with E-state index in [0.29, 0.717) is 13.0 Å². The number of aliphatic carboxylic acids is 1. The third kappa shape index (κ3) is 2.18. The van der Waals surface area contributed by atoms with Gasteiger partial charge in [0.15, 0.2) is 0 Å². The van der Waals surface area contributed by atoms with Gasteiger partial charge in [0.1, 0.15) is 5.01 Å². The Labute approximate surface area is 91.9 Å². The number of carboxylic acids is 1. The Morgan fingerprint density at radius 2 is 2.47 bits per heavy atom. The van der Waals surface area contributed by atoms with E-state index in [2.05, 4.69) is 4.98 Å². The highest BCUT2D eigenvalue weighted by Crippen LogP contribution is 2.48. The third-order valence-corrected chi connectivity index (χ3v) is 3.57. The quantitative estimate of drug-likeness (QED) is 0.831. The number of carbonyl (C=O) groups is 1. The number of hydrogen-bond donors (Lipinski definition) is 1. The molecule has 5 heteroatoms. The molecule has 1 aromatic rings. The van der Waals surface area contributed by atoms with E-state index in [4.69, 9.17) is 9.84 Å². The molecule has 0 amide bonds. The topological polar surface area (TPSA) is 59.4 Å². The van der Waals surface area contributed by atoms with Crippen molar-refractivity contribution >= 4 is 17.3 Å². The SMILES string of the molecule is COCc1nc(CC2(C(=O)O)CC2)cs1. The van der Waals surface area contributed by atoms with Crippen molar-refractivity contribution in [2.75, 3.05) is 7.11 Å². The van der Waals surface area contributed by atoms with E-state index < -0.39 is 11.4 Å². The van der Waals surface area contributed by atoms with Crippen LogP contribution in [0.25, 0.3) is 0 Å². The van der Waals surface area contributed by atoms with E-state index >= 15 is 0 Å². The van der Waals surface area contributed by atoms with Gasteiger partial charge in [0.2, 0.25) is 0 Å². The van der Waals surface area contributed by atoms with Crippen LogP contribution in [-0.2, 0) is 22.6 Å². The van der Waals surface area contributed by atoms with Gasteiger partial charge in [-0.2, -0.15) is 0 Å². The van der Waals surface area contributed by atoms with Crippen molar-refractivity contribution in [3.8, 4) is 0 Å². The second kappa shape index (κ2) is 3.90. The standard InChI is InChI=1S/C10H13NO3S/c1-14-5-8-11-7(6-15-8)4-10(2-3-10)9(12)13/h6H,2-5H2,1H3,(H,12,13). The Bertz CT molecular complexity index is 370. The first kappa shape index (κ1) is 10.6. The lowest BCUT2D eigenvalue weighted by atomic mass is 10.0. The van der Waals surface area contributed by atoms with Crippen molar-refractivity contribution in [3.05, 3.63) is 16.1 Å². The minimum Gasteiger partial charge on any atom is -0.481 e. The average molecular weight is 227 g/mol. The highest BCUT2D eigenvalue weighted by Gasteiger charge is 2.50. The van der Waals surface area contributed by atoms with E-state index in [1.165, 1.54) is 11.3 Å². The zero-order chi connectivity index (χ0) is 10.9. The Balaban J connectivity index is 2.02. The molecule has 1 heterocycles. The highest BCUT2D eigenvalue weighted by atomic mass is 32.1. The summed E-state index contributed by atoms with van der Waals surface area (Å²) in [6, 6.07) is 0. The van der Waals surface area contributed by atoms with Crippen LogP contribution in [-0.4, -0.2) is 23.2 Å². The van der Waals surface area contributed by atoms with Crippen LogP contribution in [0.2, 0.25) is 0 Å². The summed E-state index contributed by atoms with van der Waals surface area (Å²) in [6.45, 7) is 0.505. The minimum atomic E-state index is -0.691. The summed E-state index contributed by atoms with van der Waals surface area (Å²) in [5.41, 5.74) is 0.366. The summed E-state index contributed by atoms with van der Waals surface area (Å²) in [4.78, 5) is 15.3. The molecule has 1 fully saturated rings. The molecular weight excluding hydrogens is 214 g/mol. The summed E-state index contributed by atoms with van der Waals surface area (Å²) in [7, 11) is 1.63. The predicted molar refractivity (Wildman–Crippen MR) is 55.8 cm³/mol. The molecule has 1 N–H and O–H groups in total. The molecule has 0 radical (unpaired) electrons. The second-order valence-electron chi connectivity index (χ2n) is 3.93. The molecule has 4 nitrogen and oxygen atoms in total. The van der Waals surface area contributed by atoms with Crippen molar-refractivity contribution < 1.29 is 14.6 Å². The van der Waals surface area contributed by atoms with Gasteiger partial charge in [0, 0.05) is 18.9 Å². The van der Waals surface area contributed by atoms with E-state index in [1.54, 1.807) is 7.11 Å². The van der Waals surface area contributed by atoms with Crippen LogP contribution >= 0.6 is 11.3 Å². The fraction of sp³-hybridized carbons (Fsp3) is 0.600. The first-order chi connectivity index (χ1) is 7.16. The first-order valence-electron chi connectivity index (χ1n) is 4.82. The molecule has 0 aromatic carbocycles. The summed E-state index contributed by atoms with van der Waals surface area (Å²) < 4.78 is 4.97. The molecule has 1 aliphatic rings. The lowest BCUT2D eigenvalue weighted by Gasteiger charge is -2.05. The number of thiazole rings is 1. The van der Waals surface area contributed by atoms with Crippen LogP contribution in [0.1, 0.15) is 23.5 Å². The Morgan fingerprint density at radius 1 is 1.73 bits per heavy atom. The van der Waals surface area contributed by atoms with Crippen LogP contribution < -0.4 is 0 Å². The van der Waals surface area contributed by atoms with Gasteiger partial charge in [0.05, 0.1) is 17.7 Å². The van der Waals surface area contributed by atoms with Crippen molar-refractivity contribution in [3.63, 3.8) is 0 Å². The molecule has 1 saturated carbocycles. The summed E-state index contributed by atoms with van der Waals surface area (Å²) >= 11 is 1.53. The van der Waals surface area contributed by atoms with Crippen molar-refractivity contribution in [1.82, 2.24) is 4.98 Å². The van der Waals surface area contributed by atoms with Crippen LogP contribution in [0.3, 0.4) is 0 Å². The van der Waals surface area contributed by atoms with E-state index in [-0.39, 0.29) is 0 Å². The average Bonchev–Trinajstić information content (AvgIpc) is 2.83. The predicted octanol–water partition coefficient (Wildman–Crippen LogP) is 1.70. The Morgan fingerprint density at radius 3 is 3.00 bits per heavy atom. The number of hydrogen-bond acceptors (Lipinski definition) is 4. The lowest BCUT2D eigenvalue weighted by molar-refractivity contribution is -0.143. The first-order valence-corrected chi connectivity index (χ1v) is 5.70. The number of nitrogens with zero attached hydrogens (tertiary/aromatic N) is 1. The molecular formula is C10H13NO3S. The molecule has 2 rings (SSSR count). The third-order valence-electron chi connectivity index (χ3n) is 2.69. The maximum atomic E-state index is 11.0. The zero-order valence-corrected chi connectivity index (χ0v) is 9.34. The van der Waals surface area contributed by atoms with E-state index in [1.807, 2.05) is 5.38 Å². The van der Waals surface area contributed by atoms with Gasteiger partial charge in [0.25, 0.3) is 0 Å². The molecule has 0 saturated heterocycles. The van der Waals surface area contributed by atoms with Gasteiger partial charge >= 0.3 is 5.97 Å². The van der Waals surface area contributed by atoms with Gasteiger partial charge in [-0.1, -0.05) is 0 Å². The van der Waals surface area contributed by atoms with Crippen LogP contribution in [0.15, 0.2) is 5.38 Å². The number of aromatic nitrogens is 1. The van der Waals surface area contributed by atoms with Crippen molar-refractivity contribution in [2.45, 2.75) is 25.9 Å². The summed E-state index contributed by atoms with van der Waals surface area (Å²) in [6.07, 6.45) is 2.11. The number of carboxylic acid groups (broad SMARTS) is 1. The van der Waals surface area contributed by atoms with Crippen LogP contribution in [0.5, 0.6) is 0 Å². The van der Waals surface area contributed by atoms with E-state index in [9.17, 15) is 4.79 Å². The molecule has 0 bridgehead atoms. The Hall–Kier alpha value is -0.940. The molecule has 0 atom stereocenters. The maximum absolute atomic E-state index is 11.0. The minimum absolute atomic E-state index is 0.505. The molecule has 0 aliphatic heterocycles.